The molecule has 0 aliphatic rings. The van der Waals surface area contributed by atoms with Gasteiger partial charge in [0.05, 0.1) is 17.7 Å². The van der Waals surface area contributed by atoms with Crippen LogP contribution in [0.3, 0.4) is 0 Å². The van der Waals surface area contributed by atoms with E-state index in [-0.39, 0.29) is 21.2 Å². The number of hydrogen-bond donors (Lipinski definition) is 0. The first-order chi connectivity index (χ1) is 10.7. The van der Waals surface area contributed by atoms with Crippen molar-refractivity contribution in [3.05, 3.63) is 58.1 Å². The first-order valence-corrected chi connectivity index (χ1v) is 8.43. The maximum absolute atomic E-state index is 12.4. The highest BCUT2D eigenvalue weighted by Crippen LogP contribution is 2.28. The zero-order valence-electron chi connectivity index (χ0n) is 12.8. The predicted octanol–water partition coefficient (Wildman–Crippen LogP) is 3.51. The van der Waals surface area contributed by atoms with Gasteiger partial charge in [0.25, 0.3) is 0 Å². The van der Waals surface area contributed by atoms with Crippen LogP contribution in [0.5, 0.6) is 5.75 Å². The van der Waals surface area contributed by atoms with Gasteiger partial charge in [0.1, 0.15) is 10.6 Å². The average molecular weight is 355 g/mol. The number of methoxy groups -OCH3 is 1. The molecule has 0 N–H and O–H groups in total. The Balaban J connectivity index is 2.40. The van der Waals surface area contributed by atoms with Crippen LogP contribution < -0.4 is 4.18 Å². The number of halogens is 1. The smallest absolute Gasteiger partial charge is 0.340 e. The van der Waals surface area contributed by atoms with Crippen LogP contribution in [0.4, 0.5) is 0 Å². The van der Waals surface area contributed by atoms with Gasteiger partial charge in [-0.2, -0.15) is 8.42 Å². The van der Waals surface area contributed by atoms with Crippen LogP contribution in [0.15, 0.2) is 41.3 Å². The lowest BCUT2D eigenvalue weighted by Crippen LogP contribution is -2.12. The van der Waals surface area contributed by atoms with Gasteiger partial charge in [-0.3, -0.25) is 0 Å². The molecule has 0 heterocycles. The molecule has 5 nitrogen and oxygen atoms in total. The van der Waals surface area contributed by atoms with E-state index in [1.165, 1.54) is 25.3 Å². The Kier molecular flexibility index (Phi) is 4.97. The fourth-order valence-electron chi connectivity index (χ4n) is 1.91. The second-order valence-corrected chi connectivity index (χ2v) is 6.87. The first-order valence-electron chi connectivity index (χ1n) is 6.64. The lowest BCUT2D eigenvalue weighted by molar-refractivity contribution is 0.0600. The maximum Gasteiger partial charge on any atom is 0.340 e. The van der Waals surface area contributed by atoms with E-state index in [1.807, 2.05) is 13.0 Å². The van der Waals surface area contributed by atoms with Gasteiger partial charge in [0.2, 0.25) is 0 Å². The van der Waals surface area contributed by atoms with E-state index >= 15 is 0 Å². The Morgan fingerprint density at radius 3 is 2.39 bits per heavy atom. The quantitative estimate of drug-likeness (QED) is 0.620. The molecular weight excluding hydrogens is 340 g/mol. The molecule has 7 heteroatoms. The molecule has 0 aromatic heterocycles. The largest absolute Gasteiger partial charge is 0.465 e. The summed E-state index contributed by atoms with van der Waals surface area (Å²) in [5, 5.41) is -0.113. The molecule has 0 fully saturated rings. The van der Waals surface area contributed by atoms with Gasteiger partial charge >= 0.3 is 16.1 Å². The Labute approximate surface area is 139 Å². The Hall–Kier alpha value is -2.05. The third kappa shape index (κ3) is 3.83. The number of ether oxygens (including phenoxy) is 1. The molecule has 2 rings (SSSR count). The normalized spacial score (nSPS) is 11.1. The summed E-state index contributed by atoms with van der Waals surface area (Å²) in [6, 6.07) is 9.01. The van der Waals surface area contributed by atoms with Gasteiger partial charge in [-0.15, -0.1) is 0 Å². The highest BCUT2D eigenvalue weighted by atomic mass is 35.5. The van der Waals surface area contributed by atoms with Gasteiger partial charge < -0.3 is 8.92 Å². The van der Waals surface area contributed by atoms with Crippen LogP contribution in [0.2, 0.25) is 5.02 Å². The van der Waals surface area contributed by atoms with E-state index in [4.69, 9.17) is 15.8 Å². The summed E-state index contributed by atoms with van der Waals surface area (Å²) < 4.78 is 34.6. The van der Waals surface area contributed by atoms with Gasteiger partial charge in [-0.05, 0) is 49.2 Å². The summed E-state index contributed by atoms with van der Waals surface area (Å²) in [5.74, 6) is -0.371. The second-order valence-electron chi connectivity index (χ2n) is 4.94. The molecule has 0 unspecified atom stereocenters. The molecule has 2 aromatic rings. The molecule has 0 saturated heterocycles. The van der Waals surface area contributed by atoms with E-state index in [2.05, 4.69) is 4.74 Å². The van der Waals surface area contributed by atoms with Crippen molar-refractivity contribution < 1.29 is 22.1 Å². The van der Waals surface area contributed by atoms with Gasteiger partial charge in [-0.1, -0.05) is 23.7 Å². The maximum atomic E-state index is 12.4. The van der Waals surface area contributed by atoms with Gasteiger partial charge in [0.15, 0.2) is 0 Å². The number of esters is 1. The molecule has 122 valence electrons. The molecular formula is C16H15ClO5S. The van der Waals surface area contributed by atoms with Crippen LogP contribution in [0, 0.1) is 13.8 Å². The number of carbonyl (C=O) groups is 1. The molecule has 0 amide bonds. The van der Waals surface area contributed by atoms with Crippen molar-refractivity contribution in [3.8, 4) is 5.75 Å². The molecule has 0 atom stereocenters. The van der Waals surface area contributed by atoms with E-state index in [0.717, 1.165) is 5.56 Å². The van der Waals surface area contributed by atoms with E-state index in [1.54, 1.807) is 19.1 Å². The topological polar surface area (TPSA) is 69.7 Å². The van der Waals surface area contributed by atoms with Crippen LogP contribution in [-0.2, 0) is 14.9 Å². The fourth-order valence-corrected chi connectivity index (χ4v) is 3.41. The summed E-state index contributed by atoms with van der Waals surface area (Å²) in [6.07, 6.45) is 0. The van der Waals surface area contributed by atoms with Crippen molar-refractivity contribution in [1.82, 2.24) is 0 Å². The van der Waals surface area contributed by atoms with Crippen LogP contribution in [0.1, 0.15) is 21.5 Å². The van der Waals surface area contributed by atoms with Crippen molar-refractivity contribution in [3.63, 3.8) is 0 Å². The van der Waals surface area contributed by atoms with Crippen molar-refractivity contribution in [1.29, 1.82) is 0 Å². The molecule has 0 radical (unpaired) electrons. The van der Waals surface area contributed by atoms with Gasteiger partial charge in [-0.25, -0.2) is 4.79 Å². The fraction of sp³-hybridized carbons (Fsp3) is 0.188. The first kappa shape index (κ1) is 17.3. The van der Waals surface area contributed by atoms with Crippen molar-refractivity contribution >= 4 is 27.7 Å². The minimum Gasteiger partial charge on any atom is -0.465 e. The van der Waals surface area contributed by atoms with Crippen LogP contribution >= 0.6 is 11.6 Å². The number of benzene rings is 2. The molecule has 0 aliphatic heterocycles. The summed E-state index contributed by atoms with van der Waals surface area (Å²) >= 11 is 5.99. The number of carbonyl (C=O) groups excluding carboxylic acids is 1. The zero-order chi connectivity index (χ0) is 17.2. The van der Waals surface area contributed by atoms with Crippen molar-refractivity contribution in [2.24, 2.45) is 0 Å². The van der Waals surface area contributed by atoms with E-state index < -0.39 is 16.1 Å². The summed E-state index contributed by atoms with van der Waals surface area (Å²) in [5.41, 5.74) is 1.71. The molecule has 0 bridgehead atoms. The molecule has 23 heavy (non-hydrogen) atoms. The molecule has 0 saturated carbocycles. The predicted molar refractivity (Wildman–Crippen MR) is 86.5 cm³/mol. The SMILES string of the molecule is COC(=O)c1ccc(S(=O)(=O)Oc2cc(C)ccc2C)c(Cl)c1. The second kappa shape index (κ2) is 6.60. The van der Waals surface area contributed by atoms with Crippen molar-refractivity contribution in [2.75, 3.05) is 7.11 Å². The molecule has 2 aromatic carbocycles. The lowest BCUT2D eigenvalue weighted by atomic mass is 10.1. The summed E-state index contributed by atoms with van der Waals surface area (Å²) in [7, 11) is -2.89. The number of rotatable bonds is 4. The van der Waals surface area contributed by atoms with Crippen LogP contribution in [0.25, 0.3) is 0 Å². The zero-order valence-corrected chi connectivity index (χ0v) is 14.4. The minimum absolute atomic E-state index is 0.113. The average Bonchev–Trinajstić information content (AvgIpc) is 2.49. The Bertz CT molecular complexity index is 859. The number of aryl methyl sites for hydroxylation is 2. The number of hydrogen-bond acceptors (Lipinski definition) is 5. The summed E-state index contributed by atoms with van der Waals surface area (Å²) in [4.78, 5) is 11.2. The highest BCUT2D eigenvalue weighted by Gasteiger charge is 2.22. The van der Waals surface area contributed by atoms with E-state index in [0.29, 0.717) is 5.56 Å². The Morgan fingerprint density at radius 1 is 1.09 bits per heavy atom. The molecule has 0 aliphatic carbocycles. The standard InChI is InChI=1S/C16H15ClO5S/c1-10-4-5-11(2)14(8-10)22-23(19,20)15-7-6-12(9-13(15)17)16(18)21-3/h4-9H,1-3H3. The monoisotopic (exact) mass is 354 g/mol. The minimum atomic E-state index is -4.12. The highest BCUT2D eigenvalue weighted by molar-refractivity contribution is 7.87. The van der Waals surface area contributed by atoms with Gasteiger partial charge in [0, 0.05) is 0 Å². The third-order valence-corrected chi connectivity index (χ3v) is 4.88. The van der Waals surface area contributed by atoms with Crippen molar-refractivity contribution in [2.45, 2.75) is 18.7 Å². The lowest BCUT2D eigenvalue weighted by Gasteiger charge is -2.11. The van der Waals surface area contributed by atoms with E-state index in [9.17, 15) is 13.2 Å². The van der Waals surface area contributed by atoms with Crippen LogP contribution in [-0.4, -0.2) is 21.5 Å². The summed E-state index contributed by atoms with van der Waals surface area (Å²) in [6.45, 7) is 3.57. The third-order valence-electron chi connectivity index (χ3n) is 3.17. The molecule has 0 spiro atoms. The Morgan fingerprint density at radius 2 is 1.78 bits per heavy atom.